The van der Waals surface area contributed by atoms with Crippen molar-refractivity contribution in [1.82, 2.24) is 0 Å². The predicted octanol–water partition coefficient (Wildman–Crippen LogP) is 1.66. The molecule has 2 rings (SSSR count). The van der Waals surface area contributed by atoms with Crippen LogP contribution in [0, 0.1) is 0 Å². The first-order chi connectivity index (χ1) is 9.78. The average molecular weight is 311 g/mol. The Hall–Kier alpha value is -1.60. The number of nitrogens with one attached hydrogen (secondary N) is 2. The van der Waals surface area contributed by atoms with E-state index in [4.69, 9.17) is 5.73 Å². The van der Waals surface area contributed by atoms with Crippen LogP contribution in [-0.4, -0.2) is 26.1 Å². The fraction of sp³-hybridized carbons (Fsp3) is 0.500. The summed E-state index contributed by atoms with van der Waals surface area (Å²) in [5.41, 5.74) is 6.43. The molecular formula is C14H21N3O3S. The van der Waals surface area contributed by atoms with Gasteiger partial charge in [0.2, 0.25) is 15.9 Å². The Kier molecular flexibility index (Phi) is 4.53. The van der Waals surface area contributed by atoms with Crippen molar-refractivity contribution in [3.05, 3.63) is 24.3 Å². The number of benzene rings is 1. The van der Waals surface area contributed by atoms with E-state index in [0.717, 1.165) is 25.5 Å². The molecule has 1 aliphatic rings. The van der Waals surface area contributed by atoms with Gasteiger partial charge in [-0.25, -0.2) is 8.42 Å². The molecule has 0 aliphatic heterocycles. The second-order valence-corrected chi connectivity index (χ2v) is 7.37. The van der Waals surface area contributed by atoms with Crippen LogP contribution in [0.2, 0.25) is 0 Å². The molecule has 1 amide bonds. The minimum atomic E-state index is -3.30. The highest BCUT2D eigenvalue weighted by atomic mass is 32.2. The van der Waals surface area contributed by atoms with Crippen molar-refractivity contribution < 1.29 is 13.2 Å². The van der Waals surface area contributed by atoms with E-state index in [0.29, 0.717) is 24.2 Å². The Morgan fingerprint density at radius 1 is 1.10 bits per heavy atom. The first-order valence-corrected chi connectivity index (χ1v) is 8.86. The summed E-state index contributed by atoms with van der Waals surface area (Å²) in [6.45, 7) is 0. The van der Waals surface area contributed by atoms with Crippen LogP contribution in [0.5, 0.6) is 0 Å². The monoisotopic (exact) mass is 311 g/mol. The SMILES string of the molecule is CS(=O)(=O)Nc1ccc(NC(=O)C2(N)CCCCC2)cc1. The van der Waals surface area contributed by atoms with E-state index in [2.05, 4.69) is 10.0 Å². The first-order valence-electron chi connectivity index (χ1n) is 6.97. The minimum Gasteiger partial charge on any atom is -0.324 e. The molecule has 0 aromatic heterocycles. The third-order valence-corrected chi connectivity index (χ3v) is 4.25. The maximum absolute atomic E-state index is 12.3. The second kappa shape index (κ2) is 6.03. The van der Waals surface area contributed by atoms with Crippen LogP contribution in [0.3, 0.4) is 0 Å². The molecule has 4 N–H and O–H groups in total. The van der Waals surface area contributed by atoms with Crippen LogP contribution in [0.1, 0.15) is 32.1 Å². The van der Waals surface area contributed by atoms with Crippen LogP contribution in [0.15, 0.2) is 24.3 Å². The van der Waals surface area contributed by atoms with Crippen molar-refractivity contribution in [2.24, 2.45) is 5.73 Å². The van der Waals surface area contributed by atoms with Gasteiger partial charge in [0.1, 0.15) is 0 Å². The molecule has 0 radical (unpaired) electrons. The lowest BCUT2D eigenvalue weighted by Gasteiger charge is -2.31. The molecule has 1 fully saturated rings. The lowest BCUT2D eigenvalue weighted by Crippen LogP contribution is -2.52. The van der Waals surface area contributed by atoms with E-state index < -0.39 is 15.6 Å². The zero-order valence-electron chi connectivity index (χ0n) is 12.1. The van der Waals surface area contributed by atoms with Crippen LogP contribution in [-0.2, 0) is 14.8 Å². The molecule has 0 spiro atoms. The van der Waals surface area contributed by atoms with Gasteiger partial charge in [0.15, 0.2) is 0 Å². The van der Waals surface area contributed by atoms with Gasteiger partial charge in [0.05, 0.1) is 11.8 Å². The Morgan fingerprint density at radius 3 is 2.14 bits per heavy atom. The number of nitrogens with two attached hydrogens (primary N) is 1. The molecule has 7 heteroatoms. The molecule has 0 unspecified atom stereocenters. The maximum Gasteiger partial charge on any atom is 0.244 e. The highest BCUT2D eigenvalue weighted by Crippen LogP contribution is 2.27. The zero-order valence-corrected chi connectivity index (χ0v) is 12.9. The standard InChI is InChI=1S/C14H21N3O3S/c1-21(19,20)17-12-7-5-11(6-8-12)16-13(18)14(15)9-3-2-4-10-14/h5-8,17H,2-4,9-10,15H2,1H3,(H,16,18). The van der Waals surface area contributed by atoms with Crippen molar-refractivity contribution >= 4 is 27.3 Å². The lowest BCUT2D eigenvalue weighted by molar-refractivity contribution is -0.122. The quantitative estimate of drug-likeness (QED) is 0.787. The minimum absolute atomic E-state index is 0.175. The number of hydrogen-bond acceptors (Lipinski definition) is 4. The smallest absolute Gasteiger partial charge is 0.244 e. The number of hydrogen-bond donors (Lipinski definition) is 3. The van der Waals surface area contributed by atoms with Crippen molar-refractivity contribution in [1.29, 1.82) is 0 Å². The van der Waals surface area contributed by atoms with Gasteiger partial charge in [-0.2, -0.15) is 0 Å². The van der Waals surface area contributed by atoms with Crippen LogP contribution >= 0.6 is 0 Å². The summed E-state index contributed by atoms with van der Waals surface area (Å²) in [4.78, 5) is 12.3. The normalized spacial score (nSPS) is 18.0. The average Bonchev–Trinajstić information content (AvgIpc) is 2.40. The molecule has 1 aromatic carbocycles. The summed E-state index contributed by atoms with van der Waals surface area (Å²) in [6.07, 6.45) is 5.56. The molecule has 21 heavy (non-hydrogen) atoms. The van der Waals surface area contributed by atoms with Gasteiger partial charge >= 0.3 is 0 Å². The molecule has 0 heterocycles. The van der Waals surface area contributed by atoms with Gasteiger partial charge < -0.3 is 11.1 Å². The number of sulfonamides is 1. The lowest BCUT2D eigenvalue weighted by atomic mass is 9.82. The number of anilines is 2. The summed E-state index contributed by atoms with van der Waals surface area (Å²) in [7, 11) is -3.30. The third-order valence-electron chi connectivity index (χ3n) is 3.64. The molecular weight excluding hydrogens is 290 g/mol. The Morgan fingerprint density at radius 2 is 1.62 bits per heavy atom. The van der Waals surface area contributed by atoms with Crippen molar-refractivity contribution in [3.63, 3.8) is 0 Å². The topological polar surface area (TPSA) is 101 Å². The molecule has 0 bridgehead atoms. The van der Waals surface area contributed by atoms with Crippen LogP contribution in [0.4, 0.5) is 11.4 Å². The highest BCUT2D eigenvalue weighted by molar-refractivity contribution is 7.92. The van der Waals surface area contributed by atoms with E-state index in [1.807, 2.05) is 0 Å². The second-order valence-electron chi connectivity index (χ2n) is 5.62. The maximum atomic E-state index is 12.3. The van der Waals surface area contributed by atoms with E-state index in [9.17, 15) is 13.2 Å². The fourth-order valence-electron chi connectivity index (χ4n) is 2.50. The van der Waals surface area contributed by atoms with E-state index >= 15 is 0 Å². The summed E-state index contributed by atoms with van der Waals surface area (Å²) in [5, 5.41) is 2.80. The van der Waals surface area contributed by atoms with E-state index in [-0.39, 0.29) is 5.91 Å². The Bertz CT molecular complexity index is 605. The Labute approximate surface area is 125 Å². The number of carbonyl (C=O) groups is 1. The largest absolute Gasteiger partial charge is 0.324 e. The molecule has 1 aromatic rings. The molecule has 1 saturated carbocycles. The fourth-order valence-corrected chi connectivity index (χ4v) is 3.07. The number of rotatable bonds is 4. The van der Waals surface area contributed by atoms with E-state index in [1.54, 1.807) is 24.3 Å². The first kappa shape index (κ1) is 15.8. The third kappa shape index (κ3) is 4.44. The summed E-state index contributed by atoms with van der Waals surface area (Å²) in [5.74, 6) is -0.175. The predicted molar refractivity (Wildman–Crippen MR) is 83.5 cm³/mol. The van der Waals surface area contributed by atoms with Gasteiger partial charge in [-0.15, -0.1) is 0 Å². The van der Waals surface area contributed by atoms with Crippen LogP contribution < -0.4 is 15.8 Å². The highest BCUT2D eigenvalue weighted by Gasteiger charge is 2.35. The molecule has 116 valence electrons. The molecule has 0 atom stereocenters. The molecule has 6 nitrogen and oxygen atoms in total. The summed E-state index contributed by atoms with van der Waals surface area (Å²) in [6, 6.07) is 6.50. The van der Waals surface area contributed by atoms with E-state index in [1.165, 1.54) is 0 Å². The number of carbonyl (C=O) groups excluding carboxylic acids is 1. The van der Waals surface area contributed by atoms with Crippen molar-refractivity contribution in [2.75, 3.05) is 16.3 Å². The summed E-state index contributed by atoms with van der Waals surface area (Å²) >= 11 is 0. The Balaban J connectivity index is 2.01. The number of amides is 1. The van der Waals surface area contributed by atoms with Crippen molar-refractivity contribution in [2.45, 2.75) is 37.6 Å². The van der Waals surface area contributed by atoms with Crippen molar-refractivity contribution in [3.8, 4) is 0 Å². The molecule has 1 aliphatic carbocycles. The zero-order chi connectivity index (χ0) is 15.5. The van der Waals surface area contributed by atoms with Gasteiger partial charge in [-0.05, 0) is 37.1 Å². The van der Waals surface area contributed by atoms with Gasteiger partial charge in [-0.1, -0.05) is 19.3 Å². The van der Waals surface area contributed by atoms with Gasteiger partial charge in [0.25, 0.3) is 0 Å². The van der Waals surface area contributed by atoms with Gasteiger partial charge in [-0.3, -0.25) is 9.52 Å². The summed E-state index contributed by atoms with van der Waals surface area (Å²) < 4.78 is 24.6. The molecule has 0 saturated heterocycles. The van der Waals surface area contributed by atoms with Crippen LogP contribution in [0.25, 0.3) is 0 Å². The van der Waals surface area contributed by atoms with Gasteiger partial charge in [0, 0.05) is 11.4 Å².